The number of carbonyl (C=O) groups excluding carboxylic acids is 2. The van der Waals surface area contributed by atoms with Gasteiger partial charge in [-0.2, -0.15) is 0 Å². The zero-order valence-corrected chi connectivity index (χ0v) is 13.7. The minimum atomic E-state index is -0.246. The van der Waals surface area contributed by atoms with Gasteiger partial charge in [0.2, 0.25) is 0 Å². The molecule has 0 saturated heterocycles. The minimum Gasteiger partial charge on any atom is -0.426 e. The Labute approximate surface area is 140 Å². The van der Waals surface area contributed by atoms with Crippen molar-refractivity contribution < 1.29 is 19.1 Å². The zero-order valence-electron chi connectivity index (χ0n) is 13.7. The van der Waals surface area contributed by atoms with Crippen LogP contribution in [0.4, 0.5) is 0 Å². The Balaban J connectivity index is 1.85. The first-order valence-electron chi connectivity index (χ1n) is 8.14. The molecule has 2 atom stereocenters. The van der Waals surface area contributed by atoms with E-state index in [-0.39, 0.29) is 36.6 Å². The van der Waals surface area contributed by atoms with Gasteiger partial charge >= 0.3 is 11.9 Å². The van der Waals surface area contributed by atoms with E-state index in [0.717, 1.165) is 22.3 Å². The fourth-order valence-corrected chi connectivity index (χ4v) is 3.73. The van der Waals surface area contributed by atoms with Gasteiger partial charge in [-0.3, -0.25) is 9.59 Å². The Bertz CT molecular complexity index is 781. The van der Waals surface area contributed by atoms with Crippen LogP contribution in [0, 0.1) is 13.8 Å². The summed E-state index contributed by atoms with van der Waals surface area (Å²) in [6.45, 7) is 4.03. The molecule has 2 heterocycles. The van der Waals surface area contributed by atoms with E-state index in [2.05, 4.69) is 12.1 Å². The summed E-state index contributed by atoms with van der Waals surface area (Å²) in [6.07, 6.45) is 0.559. The van der Waals surface area contributed by atoms with E-state index in [4.69, 9.17) is 9.47 Å². The van der Waals surface area contributed by atoms with Gasteiger partial charge in [0.25, 0.3) is 0 Å². The third-order valence-corrected chi connectivity index (χ3v) is 4.84. The molecule has 4 heteroatoms. The Morgan fingerprint density at radius 1 is 0.750 bits per heavy atom. The lowest BCUT2D eigenvalue weighted by molar-refractivity contribution is -0.139. The summed E-state index contributed by atoms with van der Waals surface area (Å²) in [5, 5.41) is 0. The lowest BCUT2D eigenvalue weighted by Crippen LogP contribution is -2.29. The van der Waals surface area contributed by atoms with E-state index in [1.54, 1.807) is 0 Å². The molecule has 0 N–H and O–H groups in total. The maximum absolute atomic E-state index is 12.1. The molecule has 0 radical (unpaired) electrons. The van der Waals surface area contributed by atoms with Crippen molar-refractivity contribution in [3.05, 3.63) is 58.7 Å². The van der Waals surface area contributed by atoms with Crippen LogP contribution in [0.25, 0.3) is 0 Å². The number of hydrogen-bond acceptors (Lipinski definition) is 4. The van der Waals surface area contributed by atoms with E-state index in [0.29, 0.717) is 11.5 Å². The van der Waals surface area contributed by atoms with Crippen LogP contribution in [0.1, 0.15) is 46.9 Å². The maximum atomic E-state index is 12.1. The van der Waals surface area contributed by atoms with Gasteiger partial charge in [-0.1, -0.05) is 35.4 Å². The molecule has 0 fully saturated rings. The Hall–Kier alpha value is -2.62. The summed E-state index contributed by atoms with van der Waals surface area (Å²) >= 11 is 0. The monoisotopic (exact) mass is 322 g/mol. The molecule has 0 aliphatic carbocycles. The predicted molar refractivity (Wildman–Crippen MR) is 88.3 cm³/mol. The molecule has 2 aromatic carbocycles. The quantitative estimate of drug-likeness (QED) is 0.592. The summed E-state index contributed by atoms with van der Waals surface area (Å²) in [4.78, 5) is 24.2. The van der Waals surface area contributed by atoms with Gasteiger partial charge in [0.1, 0.15) is 11.5 Å². The van der Waals surface area contributed by atoms with Gasteiger partial charge in [-0.15, -0.1) is 0 Å². The number of ether oxygens (including phenoxy) is 2. The average Bonchev–Trinajstić information content (AvgIpc) is 2.54. The van der Waals surface area contributed by atoms with Gasteiger partial charge < -0.3 is 9.47 Å². The van der Waals surface area contributed by atoms with Crippen molar-refractivity contribution >= 4 is 11.9 Å². The van der Waals surface area contributed by atoms with Crippen LogP contribution in [0.2, 0.25) is 0 Å². The van der Waals surface area contributed by atoms with E-state index >= 15 is 0 Å². The molecule has 2 aliphatic rings. The molecule has 24 heavy (non-hydrogen) atoms. The topological polar surface area (TPSA) is 52.6 Å². The minimum absolute atomic E-state index is 0.0745. The van der Waals surface area contributed by atoms with E-state index in [1.165, 1.54) is 0 Å². The SMILES string of the molecule is Cc1ccc2c(c1)C(C1CC(=O)Oc3ccc(C)cc31)CC(=O)O2. The first-order chi connectivity index (χ1) is 11.5. The Morgan fingerprint density at radius 3 is 1.58 bits per heavy atom. The van der Waals surface area contributed by atoms with Crippen molar-refractivity contribution in [1.82, 2.24) is 0 Å². The standard InChI is InChI=1S/C20H18O4/c1-11-3-5-17-15(7-11)13(9-19(21)23-17)14-10-20(22)24-18-6-4-12(2)8-16(14)18/h3-8,13-14H,9-10H2,1-2H3. The second-order valence-electron chi connectivity index (χ2n) is 6.65. The number of benzene rings is 2. The summed E-state index contributed by atoms with van der Waals surface area (Å²) in [7, 11) is 0. The van der Waals surface area contributed by atoms with Gasteiger partial charge in [-0.25, -0.2) is 0 Å². The molecule has 122 valence electrons. The lowest BCUT2D eigenvalue weighted by atomic mass is 9.75. The second kappa shape index (κ2) is 5.48. The van der Waals surface area contributed by atoms with Crippen LogP contribution >= 0.6 is 0 Å². The van der Waals surface area contributed by atoms with Gasteiger partial charge in [0.15, 0.2) is 0 Å². The summed E-state index contributed by atoms with van der Waals surface area (Å²) in [5.41, 5.74) is 4.22. The van der Waals surface area contributed by atoms with Crippen LogP contribution in [0.15, 0.2) is 36.4 Å². The Morgan fingerprint density at radius 2 is 1.17 bits per heavy atom. The van der Waals surface area contributed by atoms with Gasteiger partial charge in [0.05, 0.1) is 12.8 Å². The first-order valence-corrected chi connectivity index (χ1v) is 8.14. The molecule has 0 spiro atoms. The molecule has 2 unspecified atom stereocenters. The number of rotatable bonds is 1. The van der Waals surface area contributed by atoms with Gasteiger partial charge in [0, 0.05) is 11.8 Å². The van der Waals surface area contributed by atoms with Crippen LogP contribution in [-0.4, -0.2) is 11.9 Å². The van der Waals surface area contributed by atoms with Crippen molar-refractivity contribution in [1.29, 1.82) is 0 Å². The second-order valence-corrected chi connectivity index (χ2v) is 6.65. The summed E-state index contributed by atoms with van der Waals surface area (Å²) in [5.74, 6) is 0.572. The van der Waals surface area contributed by atoms with E-state index < -0.39 is 0 Å². The normalized spacial score (nSPS) is 22.2. The number of esters is 2. The number of fused-ring (bicyclic) bond motifs is 2. The molecule has 4 nitrogen and oxygen atoms in total. The molecule has 2 aromatic rings. The van der Waals surface area contributed by atoms with Crippen LogP contribution in [-0.2, 0) is 9.59 Å². The van der Waals surface area contributed by atoms with E-state index in [9.17, 15) is 9.59 Å². The van der Waals surface area contributed by atoms with Crippen molar-refractivity contribution in [2.75, 3.05) is 0 Å². The molecule has 0 aromatic heterocycles. The number of hydrogen-bond donors (Lipinski definition) is 0. The van der Waals surface area contributed by atoms with Crippen molar-refractivity contribution in [2.45, 2.75) is 38.5 Å². The molecular formula is C20H18O4. The molecule has 4 rings (SSSR count). The zero-order chi connectivity index (χ0) is 16.8. The van der Waals surface area contributed by atoms with Crippen molar-refractivity contribution in [3.63, 3.8) is 0 Å². The van der Waals surface area contributed by atoms with Crippen molar-refractivity contribution in [2.24, 2.45) is 0 Å². The number of aryl methyl sites for hydroxylation is 2. The van der Waals surface area contributed by atoms with Crippen molar-refractivity contribution in [3.8, 4) is 11.5 Å². The molecule has 2 aliphatic heterocycles. The van der Waals surface area contributed by atoms with Crippen LogP contribution in [0.5, 0.6) is 11.5 Å². The van der Waals surface area contributed by atoms with E-state index in [1.807, 2.05) is 38.1 Å². The largest absolute Gasteiger partial charge is 0.426 e. The smallest absolute Gasteiger partial charge is 0.311 e. The summed E-state index contributed by atoms with van der Waals surface area (Å²) < 4.78 is 10.8. The predicted octanol–water partition coefficient (Wildman–Crippen LogP) is 3.79. The highest BCUT2D eigenvalue weighted by atomic mass is 16.5. The third kappa shape index (κ3) is 2.48. The number of carbonyl (C=O) groups is 2. The first kappa shape index (κ1) is 14.9. The molecule has 0 amide bonds. The summed E-state index contributed by atoms with van der Waals surface area (Å²) in [6, 6.07) is 11.7. The lowest BCUT2D eigenvalue weighted by Gasteiger charge is -2.34. The highest BCUT2D eigenvalue weighted by Crippen LogP contribution is 2.49. The van der Waals surface area contributed by atoms with Gasteiger partial charge in [-0.05, 0) is 37.1 Å². The fraction of sp³-hybridized carbons (Fsp3) is 0.300. The molecule has 0 saturated carbocycles. The molecule has 0 bridgehead atoms. The van der Waals surface area contributed by atoms with Crippen LogP contribution < -0.4 is 9.47 Å². The van der Waals surface area contributed by atoms with Crippen LogP contribution in [0.3, 0.4) is 0 Å². The highest BCUT2D eigenvalue weighted by molar-refractivity contribution is 5.80. The third-order valence-electron chi connectivity index (χ3n) is 4.84. The molecular weight excluding hydrogens is 304 g/mol. The Kier molecular flexibility index (Phi) is 3.41. The fourth-order valence-electron chi connectivity index (χ4n) is 3.73. The average molecular weight is 322 g/mol. The highest BCUT2D eigenvalue weighted by Gasteiger charge is 2.39. The maximum Gasteiger partial charge on any atom is 0.311 e.